The highest BCUT2D eigenvalue weighted by molar-refractivity contribution is 5.97. The van der Waals surface area contributed by atoms with E-state index in [1.807, 2.05) is 6.92 Å². The summed E-state index contributed by atoms with van der Waals surface area (Å²) in [6, 6.07) is 2.09. The smallest absolute Gasteiger partial charge is 0.150 e. The number of nitrogens with one attached hydrogen (secondary N) is 1. The summed E-state index contributed by atoms with van der Waals surface area (Å²) in [7, 11) is 1.74. The Kier molecular flexibility index (Phi) is 3.30. The van der Waals surface area contributed by atoms with E-state index in [2.05, 4.69) is 21.4 Å². The Bertz CT molecular complexity index is 612. The van der Waals surface area contributed by atoms with Gasteiger partial charge in [-0.25, -0.2) is 9.97 Å². The zero-order valence-electron chi connectivity index (χ0n) is 10.3. The molecule has 94 valence electrons. The lowest BCUT2D eigenvalue weighted by Gasteiger charge is -2.06. The van der Waals surface area contributed by atoms with E-state index in [9.17, 15) is 5.26 Å². The molecule has 7 heteroatoms. The Morgan fingerprint density at radius 1 is 1.56 bits per heavy atom. The van der Waals surface area contributed by atoms with Crippen LogP contribution in [0.3, 0.4) is 0 Å². The highest BCUT2D eigenvalue weighted by atomic mass is 16.5. The number of hydrogen-bond donors (Lipinski definition) is 2. The molecule has 0 atom stereocenters. The van der Waals surface area contributed by atoms with Crippen LogP contribution in [0, 0.1) is 11.3 Å². The topological polar surface area (TPSA) is 102 Å². The van der Waals surface area contributed by atoms with Crippen LogP contribution in [-0.4, -0.2) is 28.2 Å². The minimum atomic E-state index is 0.265. The number of hydrogen-bond acceptors (Lipinski definition) is 6. The summed E-state index contributed by atoms with van der Waals surface area (Å²) in [5, 5.41) is 12.8. The zero-order chi connectivity index (χ0) is 13.1. The van der Waals surface area contributed by atoms with Crippen LogP contribution in [0.4, 0.5) is 11.6 Å². The van der Waals surface area contributed by atoms with Gasteiger partial charge in [-0.2, -0.15) is 5.26 Å². The van der Waals surface area contributed by atoms with Crippen LogP contribution in [0.25, 0.3) is 11.0 Å². The number of nitriles is 1. The Hall–Kier alpha value is -2.33. The molecule has 2 heterocycles. The van der Waals surface area contributed by atoms with Crippen molar-refractivity contribution in [1.29, 1.82) is 5.26 Å². The minimum absolute atomic E-state index is 0.265. The molecule has 0 spiro atoms. The molecule has 18 heavy (non-hydrogen) atoms. The normalized spacial score (nSPS) is 10.5. The fourth-order valence-electron chi connectivity index (χ4n) is 1.80. The van der Waals surface area contributed by atoms with Crippen molar-refractivity contribution >= 4 is 22.7 Å². The number of nitrogen functional groups attached to an aromatic ring is 1. The van der Waals surface area contributed by atoms with Crippen LogP contribution >= 0.6 is 0 Å². The zero-order valence-corrected chi connectivity index (χ0v) is 10.3. The summed E-state index contributed by atoms with van der Waals surface area (Å²) < 4.78 is 7.00. The van der Waals surface area contributed by atoms with Gasteiger partial charge >= 0.3 is 0 Å². The third-order valence-electron chi connectivity index (χ3n) is 2.65. The third kappa shape index (κ3) is 1.72. The summed E-state index contributed by atoms with van der Waals surface area (Å²) in [5.41, 5.74) is 6.92. The summed E-state index contributed by atoms with van der Waals surface area (Å²) in [6.07, 6.45) is 1.43. The van der Waals surface area contributed by atoms with Crippen LogP contribution in [0.2, 0.25) is 0 Å². The molecule has 0 fully saturated rings. The monoisotopic (exact) mass is 246 g/mol. The first-order valence-electron chi connectivity index (χ1n) is 5.52. The molecular weight excluding hydrogens is 232 g/mol. The van der Waals surface area contributed by atoms with E-state index < -0.39 is 0 Å². The van der Waals surface area contributed by atoms with Crippen LogP contribution in [-0.2, 0) is 11.5 Å². The molecule has 2 aromatic rings. The number of anilines is 2. The van der Waals surface area contributed by atoms with Crippen molar-refractivity contribution < 1.29 is 4.74 Å². The van der Waals surface area contributed by atoms with Crippen molar-refractivity contribution in [3.05, 3.63) is 11.9 Å². The van der Waals surface area contributed by atoms with Crippen molar-refractivity contribution in [2.45, 2.75) is 13.7 Å². The molecule has 2 aromatic heterocycles. The Morgan fingerprint density at radius 2 is 2.33 bits per heavy atom. The number of ether oxygens (including phenoxy) is 1. The molecule has 0 amide bonds. The van der Waals surface area contributed by atoms with Crippen molar-refractivity contribution in [2.75, 3.05) is 24.7 Å². The third-order valence-corrected chi connectivity index (χ3v) is 2.65. The number of aromatic nitrogens is 3. The number of fused-ring (bicyclic) bond motifs is 1. The first-order valence-corrected chi connectivity index (χ1v) is 5.52. The molecule has 0 saturated carbocycles. The number of nitrogens with two attached hydrogens (primary N) is 1. The van der Waals surface area contributed by atoms with Gasteiger partial charge in [-0.05, 0) is 6.92 Å². The lowest BCUT2D eigenvalue weighted by atomic mass is 10.2. The van der Waals surface area contributed by atoms with E-state index in [4.69, 9.17) is 10.5 Å². The SMILES string of the molecule is CCOCn1c(N)c(C#N)c2c(NC)ncnc21. The van der Waals surface area contributed by atoms with E-state index in [1.54, 1.807) is 11.6 Å². The van der Waals surface area contributed by atoms with Gasteiger partial charge < -0.3 is 15.8 Å². The molecule has 0 aliphatic heterocycles. The molecule has 2 rings (SSSR count). The second-order valence-electron chi connectivity index (χ2n) is 3.59. The van der Waals surface area contributed by atoms with E-state index in [0.29, 0.717) is 34.8 Å². The molecule has 0 unspecified atom stereocenters. The van der Waals surface area contributed by atoms with E-state index in [1.165, 1.54) is 6.33 Å². The molecular formula is C11H14N6O. The van der Waals surface area contributed by atoms with Crippen LogP contribution in [0.15, 0.2) is 6.33 Å². The second-order valence-corrected chi connectivity index (χ2v) is 3.59. The van der Waals surface area contributed by atoms with Crippen molar-refractivity contribution in [3.63, 3.8) is 0 Å². The molecule has 0 radical (unpaired) electrons. The summed E-state index contributed by atoms with van der Waals surface area (Å²) >= 11 is 0. The van der Waals surface area contributed by atoms with Crippen molar-refractivity contribution in [2.24, 2.45) is 0 Å². The van der Waals surface area contributed by atoms with Gasteiger partial charge in [0.1, 0.15) is 42.0 Å². The van der Waals surface area contributed by atoms with E-state index in [-0.39, 0.29) is 6.73 Å². The van der Waals surface area contributed by atoms with Gasteiger partial charge in [-0.3, -0.25) is 4.57 Å². The lowest BCUT2D eigenvalue weighted by Crippen LogP contribution is -2.07. The number of nitrogens with zero attached hydrogens (tertiary/aromatic N) is 4. The summed E-state index contributed by atoms with van der Waals surface area (Å²) in [6.45, 7) is 2.72. The average Bonchev–Trinajstić information content (AvgIpc) is 2.67. The van der Waals surface area contributed by atoms with Gasteiger partial charge in [0.25, 0.3) is 0 Å². The average molecular weight is 246 g/mol. The van der Waals surface area contributed by atoms with Gasteiger partial charge in [0.15, 0.2) is 0 Å². The maximum atomic E-state index is 9.21. The quantitative estimate of drug-likeness (QED) is 0.831. The molecule has 3 N–H and O–H groups in total. The summed E-state index contributed by atoms with van der Waals surface area (Å²) in [4.78, 5) is 8.26. The van der Waals surface area contributed by atoms with E-state index in [0.717, 1.165) is 0 Å². The first kappa shape index (κ1) is 12.1. The molecule has 7 nitrogen and oxygen atoms in total. The lowest BCUT2D eigenvalue weighted by molar-refractivity contribution is 0.0919. The highest BCUT2D eigenvalue weighted by Gasteiger charge is 2.19. The molecule has 0 aliphatic carbocycles. The molecule has 0 aliphatic rings. The van der Waals surface area contributed by atoms with Gasteiger partial charge in [0, 0.05) is 13.7 Å². The fraction of sp³-hybridized carbons (Fsp3) is 0.364. The van der Waals surface area contributed by atoms with Gasteiger partial charge in [0.2, 0.25) is 0 Å². The van der Waals surface area contributed by atoms with Crippen LogP contribution in [0.5, 0.6) is 0 Å². The largest absolute Gasteiger partial charge is 0.384 e. The van der Waals surface area contributed by atoms with Gasteiger partial charge in [-0.1, -0.05) is 0 Å². The maximum absolute atomic E-state index is 9.21. The van der Waals surface area contributed by atoms with Crippen LogP contribution in [0.1, 0.15) is 12.5 Å². The highest BCUT2D eigenvalue weighted by Crippen LogP contribution is 2.30. The van der Waals surface area contributed by atoms with Gasteiger partial charge in [-0.15, -0.1) is 0 Å². The summed E-state index contributed by atoms with van der Waals surface area (Å²) in [5.74, 6) is 0.927. The molecule has 0 aromatic carbocycles. The Labute approximate surface area is 104 Å². The van der Waals surface area contributed by atoms with Crippen molar-refractivity contribution in [1.82, 2.24) is 14.5 Å². The molecule has 0 saturated heterocycles. The van der Waals surface area contributed by atoms with E-state index >= 15 is 0 Å². The standard InChI is InChI=1S/C11H14N6O/c1-3-18-6-17-9(13)7(4-12)8-10(14-2)15-5-16-11(8)17/h5H,3,6,13H2,1-2H3,(H,14,15,16). The first-order chi connectivity index (χ1) is 8.74. The fourth-order valence-corrected chi connectivity index (χ4v) is 1.80. The van der Waals surface area contributed by atoms with Crippen LogP contribution < -0.4 is 11.1 Å². The molecule has 0 bridgehead atoms. The second kappa shape index (κ2) is 4.89. The Balaban J connectivity index is 2.73. The minimum Gasteiger partial charge on any atom is -0.384 e. The predicted octanol–water partition coefficient (Wildman–Crippen LogP) is 0.921. The van der Waals surface area contributed by atoms with Crippen molar-refractivity contribution in [3.8, 4) is 6.07 Å². The Morgan fingerprint density at radius 3 is 2.94 bits per heavy atom. The maximum Gasteiger partial charge on any atom is 0.150 e. The van der Waals surface area contributed by atoms with Gasteiger partial charge in [0.05, 0.1) is 5.39 Å². The predicted molar refractivity (Wildman–Crippen MR) is 67.8 cm³/mol. The number of rotatable bonds is 4.